The van der Waals surface area contributed by atoms with Gasteiger partial charge in [0.05, 0.1) is 30.8 Å². The first-order chi connectivity index (χ1) is 9.03. The molecular formula is C14H22O4S. The molecule has 0 aromatic heterocycles. The lowest BCUT2D eigenvalue weighted by molar-refractivity contribution is 0.0390. The monoisotopic (exact) mass is 286 g/mol. The van der Waals surface area contributed by atoms with Gasteiger partial charge in [-0.05, 0) is 12.0 Å². The van der Waals surface area contributed by atoms with Gasteiger partial charge in [0.25, 0.3) is 0 Å². The Morgan fingerprint density at radius 3 is 2.58 bits per heavy atom. The number of hydrogen-bond donors (Lipinski definition) is 1. The topological polar surface area (TPSA) is 63.6 Å². The summed E-state index contributed by atoms with van der Waals surface area (Å²) in [5.74, 6) is -0.0823. The summed E-state index contributed by atoms with van der Waals surface area (Å²) in [6.07, 6.45) is 0.519. The Labute approximate surface area is 115 Å². The maximum absolute atomic E-state index is 11.6. The van der Waals surface area contributed by atoms with E-state index in [1.807, 2.05) is 37.3 Å². The SMILES string of the molecule is CCCCS(=O)(=O)C[C@@H](O)COCc1ccccc1. The summed E-state index contributed by atoms with van der Waals surface area (Å²) in [4.78, 5) is 0. The predicted molar refractivity (Wildman–Crippen MR) is 75.7 cm³/mol. The van der Waals surface area contributed by atoms with Gasteiger partial charge in [0.15, 0.2) is 9.84 Å². The third-order valence-electron chi connectivity index (χ3n) is 2.68. The molecule has 1 aromatic rings. The second-order valence-electron chi connectivity index (χ2n) is 4.62. The molecule has 0 spiro atoms. The summed E-state index contributed by atoms with van der Waals surface area (Å²) in [5, 5.41) is 9.66. The summed E-state index contributed by atoms with van der Waals surface area (Å²) >= 11 is 0. The van der Waals surface area contributed by atoms with E-state index in [4.69, 9.17) is 4.74 Å². The van der Waals surface area contributed by atoms with E-state index < -0.39 is 15.9 Å². The van der Waals surface area contributed by atoms with Crippen molar-refractivity contribution in [1.29, 1.82) is 0 Å². The minimum Gasteiger partial charge on any atom is -0.390 e. The van der Waals surface area contributed by atoms with Crippen LogP contribution in [0.15, 0.2) is 30.3 Å². The second-order valence-corrected chi connectivity index (χ2v) is 6.85. The Kier molecular flexibility index (Phi) is 7.05. The summed E-state index contributed by atoms with van der Waals surface area (Å²) < 4.78 is 28.6. The van der Waals surface area contributed by atoms with Crippen molar-refractivity contribution in [3.05, 3.63) is 35.9 Å². The molecule has 0 aliphatic heterocycles. The average Bonchev–Trinajstić information content (AvgIpc) is 2.37. The van der Waals surface area contributed by atoms with Crippen LogP contribution in [0.2, 0.25) is 0 Å². The quantitative estimate of drug-likeness (QED) is 0.751. The zero-order chi connectivity index (χ0) is 14.1. The molecule has 0 bridgehead atoms. The molecule has 1 atom stereocenters. The van der Waals surface area contributed by atoms with Gasteiger partial charge in [0, 0.05) is 0 Å². The fourth-order valence-corrected chi connectivity index (χ4v) is 3.25. The van der Waals surface area contributed by atoms with Gasteiger partial charge in [0.1, 0.15) is 0 Å². The van der Waals surface area contributed by atoms with Crippen LogP contribution in [0.3, 0.4) is 0 Å². The summed E-state index contributed by atoms with van der Waals surface area (Å²) in [6, 6.07) is 9.57. The van der Waals surface area contributed by atoms with E-state index in [1.54, 1.807) is 0 Å². The van der Waals surface area contributed by atoms with Gasteiger partial charge in [-0.3, -0.25) is 0 Å². The molecule has 108 valence electrons. The molecule has 0 radical (unpaired) electrons. The Bertz CT molecular complexity index is 442. The predicted octanol–water partition coefficient (Wildman–Crippen LogP) is 1.78. The molecule has 0 aliphatic carbocycles. The van der Waals surface area contributed by atoms with Crippen molar-refractivity contribution in [2.24, 2.45) is 0 Å². The van der Waals surface area contributed by atoms with Crippen LogP contribution >= 0.6 is 0 Å². The van der Waals surface area contributed by atoms with E-state index in [0.29, 0.717) is 13.0 Å². The summed E-state index contributed by atoms with van der Waals surface area (Å²) in [6.45, 7) is 2.36. The molecule has 0 saturated carbocycles. The molecule has 0 amide bonds. The number of benzene rings is 1. The van der Waals surface area contributed by atoms with Crippen LogP contribution in [0.25, 0.3) is 0 Å². The highest BCUT2D eigenvalue weighted by Gasteiger charge is 2.16. The number of hydrogen-bond acceptors (Lipinski definition) is 4. The van der Waals surface area contributed by atoms with Crippen LogP contribution in [-0.4, -0.2) is 37.7 Å². The number of sulfone groups is 1. The van der Waals surface area contributed by atoms with E-state index in [-0.39, 0.29) is 18.1 Å². The summed E-state index contributed by atoms with van der Waals surface area (Å²) in [5.41, 5.74) is 1.00. The molecule has 4 nitrogen and oxygen atoms in total. The van der Waals surface area contributed by atoms with E-state index >= 15 is 0 Å². The maximum atomic E-state index is 11.6. The van der Waals surface area contributed by atoms with Crippen LogP contribution < -0.4 is 0 Å². The zero-order valence-electron chi connectivity index (χ0n) is 11.3. The highest BCUT2D eigenvalue weighted by molar-refractivity contribution is 7.91. The van der Waals surface area contributed by atoms with Gasteiger partial charge >= 0.3 is 0 Å². The van der Waals surface area contributed by atoms with Gasteiger partial charge in [-0.25, -0.2) is 8.42 Å². The first-order valence-electron chi connectivity index (χ1n) is 6.53. The fourth-order valence-electron chi connectivity index (χ4n) is 1.68. The molecule has 0 heterocycles. The standard InChI is InChI=1S/C14H22O4S/c1-2-3-9-19(16,17)12-14(15)11-18-10-13-7-5-4-6-8-13/h4-8,14-15H,2-3,9-12H2,1H3/t14-/m0/s1. The molecular weight excluding hydrogens is 264 g/mol. The van der Waals surface area contributed by atoms with Crippen molar-refractivity contribution < 1.29 is 18.3 Å². The van der Waals surface area contributed by atoms with Gasteiger partial charge in [-0.1, -0.05) is 43.7 Å². The van der Waals surface area contributed by atoms with Crippen molar-refractivity contribution in [2.75, 3.05) is 18.1 Å². The van der Waals surface area contributed by atoms with E-state index in [0.717, 1.165) is 12.0 Å². The lowest BCUT2D eigenvalue weighted by atomic mass is 10.2. The van der Waals surface area contributed by atoms with Crippen LogP contribution in [0.4, 0.5) is 0 Å². The Balaban J connectivity index is 2.26. The maximum Gasteiger partial charge on any atom is 0.152 e. The third kappa shape index (κ3) is 7.30. The largest absolute Gasteiger partial charge is 0.390 e. The van der Waals surface area contributed by atoms with Gasteiger partial charge in [-0.2, -0.15) is 0 Å². The molecule has 19 heavy (non-hydrogen) atoms. The van der Waals surface area contributed by atoms with Crippen molar-refractivity contribution in [3.8, 4) is 0 Å². The lowest BCUT2D eigenvalue weighted by Gasteiger charge is -2.11. The van der Waals surface area contributed by atoms with Crippen LogP contribution in [0.5, 0.6) is 0 Å². The highest BCUT2D eigenvalue weighted by atomic mass is 32.2. The van der Waals surface area contributed by atoms with E-state index in [2.05, 4.69) is 0 Å². The Hall–Kier alpha value is -0.910. The van der Waals surface area contributed by atoms with Crippen LogP contribution in [-0.2, 0) is 21.2 Å². The third-order valence-corrected chi connectivity index (χ3v) is 4.48. The van der Waals surface area contributed by atoms with Crippen molar-refractivity contribution >= 4 is 9.84 Å². The molecule has 0 unspecified atom stereocenters. The number of aliphatic hydroxyl groups excluding tert-OH is 1. The zero-order valence-corrected chi connectivity index (χ0v) is 12.1. The molecule has 0 fully saturated rings. The van der Waals surface area contributed by atoms with Gasteiger partial charge in [0.2, 0.25) is 0 Å². The van der Waals surface area contributed by atoms with Crippen LogP contribution in [0, 0.1) is 0 Å². The summed E-state index contributed by atoms with van der Waals surface area (Å²) in [7, 11) is -3.17. The van der Waals surface area contributed by atoms with Crippen molar-refractivity contribution in [1.82, 2.24) is 0 Å². The molecule has 0 aliphatic rings. The first kappa shape index (κ1) is 16.1. The molecule has 5 heteroatoms. The lowest BCUT2D eigenvalue weighted by Crippen LogP contribution is -2.27. The van der Waals surface area contributed by atoms with E-state index in [9.17, 15) is 13.5 Å². The van der Waals surface area contributed by atoms with Gasteiger partial charge in [-0.15, -0.1) is 0 Å². The fraction of sp³-hybridized carbons (Fsp3) is 0.571. The van der Waals surface area contributed by atoms with E-state index in [1.165, 1.54) is 0 Å². The van der Waals surface area contributed by atoms with Crippen molar-refractivity contribution in [2.45, 2.75) is 32.5 Å². The number of unbranched alkanes of at least 4 members (excludes halogenated alkanes) is 1. The van der Waals surface area contributed by atoms with Crippen LogP contribution in [0.1, 0.15) is 25.3 Å². The highest BCUT2D eigenvalue weighted by Crippen LogP contribution is 2.03. The first-order valence-corrected chi connectivity index (χ1v) is 8.36. The molecule has 1 aromatic carbocycles. The molecule has 0 saturated heterocycles. The van der Waals surface area contributed by atoms with Crippen molar-refractivity contribution in [3.63, 3.8) is 0 Å². The number of aliphatic hydroxyl groups is 1. The van der Waals surface area contributed by atoms with Gasteiger partial charge < -0.3 is 9.84 Å². The minimum atomic E-state index is -3.17. The Morgan fingerprint density at radius 2 is 1.95 bits per heavy atom. The molecule has 1 N–H and O–H groups in total. The number of ether oxygens (including phenoxy) is 1. The normalized spacial score (nSPS) is 13.4. The molecule has 1 rings (SSSR count). The number of rotatable bonds is 9. The minimum absolute atomic E-state index is 0.0419. The Morgan fingerprint density at radius 1 is 1.26 bits per heavy atom. The second kappa shape index (κ2) is 8.30. The average molecular weight is 286 g/mol. The smallest absolute Gasteiger partial charge is 0.152 e.